The van der Waals surface area contributed by atoms with Crippen LogP contribution in [0, 0.1) is 17.3 Å². The number of H-pyrrole nitrogens is 1. The average molecular weight is 551 g/mol. The van der Waals surface area contributed by atoms with Crippen LogP contribution in [0.3, 0.4) is 0 Å². The van der Waals surface area contributed by atoms with Crippen LogP contribution in [-0.2, 0) is 21.4 Å². The molecule has 0 amide bonds. The Morgan fingerprint density at radius 3 is 2.80 bits per heavy atom. The first-order valence-electron chi connectivity index (χ1n) is 15.8. The number of imidazole rings is 1. The summed E-state index contributed by atoms with van der Waals surface area (Å²) >= 11 is 0. The number of hydrogen-bond acceptors (Lipinski definition) is 5. The quantitative estimate of drug-likeness (QED) is 0.284. The molecule has 5 rings (SSSR count). The molecule has 6 nitrogen and oxygen atoms in total. The number of carbonyl (C=O) groups excluding carboxylic acids is 1. The van der Waals surface area contributed by atoms with Crippen LogP contribution >= 0.6 is 0 Å². The van der Waals surface area contributed by atoms with Gasteiger partial charge in [-0.15, -0.1) is 0 Å². The van der Waals surface area contributed by atoms with Crippen LogP contribution in [0.2, 0.25) is 0 Å². The highest BCUT2D eigenvalue weighted by Gasteiger charge is 2.55. The van der Waals surface area contributed by atoms with Crippen molar-refractivity contribution in [2.45, 2.75) is 134 Å². The van der Waals surface area contributed by atoms with Crippen LogP contribution in [0.4, 0.5) is 0 Å². The van der Waals surface area contributed by atoms with Gasteiger partial charge in [0, 0.05) is 25.2 Å². The Morgan fingerprint density at radius 2 is 2.08 bits per heavy atom. The van der Waals surface area contributed by atoms with E-state index in [9.17, 15) is 15.0 Å². The van der Waals surface area contributed by atoms with Crippen LogP contribution in [0.15, 0.2) is 41.6 Å². The lowest BCUT2D eigenvalue weighted by molar-refractivity contribution is -0.148. The fourth-order valence-corrected chi connectivity index (χ4v) is 8.34. The molecule has 4 fully saturated rings. The summed E-state index contributed by atoms with van der Waals surface area (Å²) in [6, 6.07) is 0. The molecule has 4 aliphatic rings. The van der Waals surface area contributed by atoms with Crippen LogP contribution in [-0.4, -0.2) is 44.5 Å². The fourth-order valence-electron chi connectivity index (χ4n) is 8.34. The van der Waals surface area contributed by atoms with E-state index in [-0.39, 0.29) is 17.5 Å². The van der Waals surface area contributed by atoms with Crippen molar-refractivity contribution in [1.82, 2.24) is 9.97 Å². The van der Waals surface area contributed by atoms with E-state index in [0.717, 1.165) is 61.9 Å². The van der Waals surface area contributed by atoms with Gasteiger partial charge in [-0.2, -0.15) is 0 Å². The molecule has 6 atom stereocenters. The second-order valence-corrected chi connectivity index (χ2v) is 13.4. The Morgan fingerprint density at radius 1 is 1.27 bits per heavy atom. The number of carbonyl (C=O) groups is 1. The summed E-state index contributed by atoms with van der Waals surface area (Å²) in [6.07, 6.45) is 19.4. The van der Waals surface area contributed by atoms with E-state index in [1.807, 2.05) is 6.20 Å². The molecule has 220 valence electrons. The fraction of sp³-hybridized carbons (Fsp3) is 0.706. The number of nitrogens with zero attached hydrogens (tertiary/aromatic N) is 1. The van der Waals surface area contributed by atoms with Gasteiger partial charge in [0.05, 0.1) is 17.6 Å². The molecule has 1 aromatic heterocycles. The molecule has 1 heterocycles. The standard InChI is InChI=1S/C34H50N2O4/c1-5-8-27-21-35-32(36-27)34(17-18-34)31(40-23(3)37)11-6-10-26-14-15-29-24(9-7-16-33(26,29)4)12-13-25-19-28(38)20-30(39)22(25)2/h12-13,21,26,28-31,38-39H,2,5-11,14-20H2,1,3-4H3,(H,35,36)/b24-12+,25-13-. The predicted molar refractivity (Wildman–Crippen MR) is 158 cm³/mol. The van der Waals surface area contributed by atoms with Gasteiger partial charge in [-0.3, -0.25) is 4.79 Å². The van der Waals surface area contributed by atoms with Gasteiger partial charge in [0.15, 0.2) is 0 Å². The molecule has 6 heteroatoms. The van der Waals surface area contributed by atoms with E-state index in [1.165, 1.54) is 50.3 Å². The highest BCUT2D eigenvalue weighted by atomic mass is 16.5. The van der Waals surface area contributed by atoms with Gasteiger partial charge in [-0.1, -0.05) is 44.6 Å². The minimum atomic E-state index is -0.641. The number of aryl methyl sites for hydroxylation is 1. The number of allylic oxidation sites excluding steroid dienone is 3. The second kappa shape index (κ2) is 12.0. The van der Waals surface area contributed by atoms with Crippen molar-refractivity contribution in [3.63, 3.8) is 0 Å². The number of aliphatic hydroxyl groups excluding tert-OH is 2. The van der Waals surface area contributed by atoms with E-state index in [2.05, 4.69) is 37.6 Å². The first-order chi connectivity index (χ1) is 19.2. The zero-order chi connectivity index (χ0) is 28.5. The minimum Gasteiger partial charge on any atom is -0.461 e. The summed E-state index contributed by atoms with van der Waals surface area (Å²) in [5.74, 6) is 2.08. The molecule has 4 aliphatic carbocycles. The second-order valence-electron chi connectivity index (χ2n) is 13.4. The van der Waals surface area contributed by atoms with Crippen molar-refractivity contribution in [2.24, 2.45) is 17.3 Å². The monoisotopic (exact) mass is 550 g/mol. The zero-order valence-corrected chi connectivity index (χ0v) is 24.9. The lowest BCUT2D eigenvalue weighted by Crippen LogP contribution is -2.34. The maximum absolute atomic E-state index is 12.1. The smallest absolute Gasteiger partial charge is 0.302 e. The van der Waals surface area contributed by atoms with Crippen LogP contribution in [0.5, 0.6) is 0 Å². The van der Waals surface area contributed by atoms with Crippen molar-refractivity contribution in [3.8, 4) is 0 Å². The third-order valence-corrected chi connectivity index (χ3v) is 10.8. The van der Waals surface area contributed by atoms with Gasteiger partial charge in [0.25, 0.3) is 0 Å². The molecule has 0 aromatic carbocycles. The lowest BCUT2D eigenvalue weighted by atomic mass is 9.62. The van der Waals surface area contributed by atoms with Gasteiger partial charge in [0.2, 0.25) is 0 Å². The number of hydrogen-bond donors (Lipinski definition) is 3. The number of aromatic nitrogens is 2. The SMILES string of the molecule is C=C1/C(=C\C=C2/CCCC3(C)C(CCCC(OC(C)=O)C4(c5ncc(CCC)[nH]5)CC4)CCC23)CC(O)CC1O. The molecule has 6 unspecified atom stereocenters. The number of nitrogens with one attached hydrogen (secondary N) is 1. The van der Waals surface area contributed by atoms with Crippen molar-refractivity contribution >= 4 is 5.97 Å². The van der Waals surface area contributed by atoms with Crippen LogP contribution in [0.25, 0.3) is 0 Å². The summed E-state index contributed by atoms with van der Waals surface area (Å²) in [5.41, 5.74) is 4.61. The van der Waals surface area contributed by atoms with Crippen molar-refractivity contribution in [3.05, 3.63) is 53.2 Å². The number of esters is 1. The number of ether oxygens (including phenoxy) is 1. The Kier molecular flexibility index (Phi) is 8.77. The molecular weight excluding hydrogens is 500 g/mol. The largest absolute Gasteiger partial charge is 0.461 e. The zero-order valence-electron chi connectivity index (χ0n) is 24.9. The molecule has 1 aromatic rings. The van der Waals surface area contributed by atoms with Crippen LogP contribution in [0.1, 0.15) is 116 Å². The maximum atomic E-state index is 12.1. The molecule has 0 aliphatic heterocycles. The number of aromatic amines is 1. The molecule has 3 N–H and O–H groups in total. The summed E-state index contributed by atoms with van der Waals surface area (Å²) < 4.78 is 5.97. The molecule has 0 bridgehead atoms. The number of fused-ring (bicyclic) bond motifs is 1. The summed E-state index contributed by atoms with van der Waals surface area (Å²) in [7, 11) is 0. The number of rotatable bonds is 10. The maximum Gasteiger partial charge on any atom is 0.302 e. The third-order valence-electron chi connectivity index (χ3n) is 10.8. The van der Waals surface area contributed by atoms with Crippen LogP contribution < -0.4 is 0 Å². The van der Waals surface area contributed by atoms with Gasteiger partial charge >= 0.3 is 5.97 Å². The van der Waals surface area contributed by atoms with E-state index in [4.69, 9.17) is 9.72 Å². The van der Waals surface area contributed by atoms with E-state index in [1.54, 1.807) is 0 Å². The first-order valence-corrected chi connectivity index (χ1v) is 15.8. The minimum absolute atomic E-state index is 0.113. The molecule has 4 saturated carbocycles. The Balaban J connectivity index is 1.23. The summed E-state index contributed by atoms with van der Waals surface area (Å²) in [4.78, 5) is 20.4. The average Bonchev–Trinajstić information content (AvgIpc) is 3.45. The third kappa shape index (κ3) is 5.90. The van der Waals surface area contributed by atoms with Crippen molar-refractivity contribution < 1.29 is 19.7 Å². The van der Waals surface area contributed by atoms with Gasteiger partial charge in [0.1, 0.15) is 11.9 Å². The first kappa shape index (κ1) is 29.3. The lowest BCUT2D eigenvalue weighted by Gasteiger charge is -2.42. The van der Waals surface area contributed by atoms with Gasteiger partial charge < -0.3 is 19.9 Å². The van der Waals surface area contributed by atoms with E-state index in [0.29, 0.717) is 30.1 Å². The summed E-state index contributed by atoms with van der Waals surface area (Å²) in [6.45, 7) is 10.3. The van der Waals surface area contributed by atoms with E-state index >= 15 is 0 Å². The summed E-state index contributed by atoms with van der Waals surface area (Å²) in [5, 5.41) is 20.4. The Labute approximate surface area is 240 Å². The van der Waals surface area contributed by atoms with E-state index < -0.39 is 12.2 Å². The molecule has 40 heavy (non-hydrogen) atoms. The van der Waals surface area contributed by atoms with Crippen molar-refractivity contribution in [1.29, 1.82) is 0 Å². The predicted octanol–water partition coefficient (Wildman–Crippen LogP) is 6.64. The van der Waals surface area contributed by atoms with Crippen molar-refractivity contribution in [2.75, 3.05) is 0 Å². The molecule has 0 saturated heterocycles. The molecule has 0 spiro atoms. The molecule has 0 radical (unpaired) electrons. The topological polar surface area (TPSA) is 95.4 Å². The highest BCUT2D eigenvalue weighted by Crippen LogP contribution is 2.59. The molecular formula is C34H50N2O4. The Bertz CT molecular complexity index is 1140. The normalized spacial score (nSPS) is 34.2. The van der Waals surface area contributed by atoms with Gasteiger partial charge in [-0.05, 0) is 105 Å². The number of aliphatic hydroxyl groups is 2. The van der Waals surface area contributed by atoms with Gasteiger partial charge in [-0.25, -0.2) is 4.98 Å². The highest BCUT2D eigenvalue weighted by molar-refractivity contribution is 5.66. The Hall–Kier alpha value is -2.18.